The Morgan fingerprint density at radius 2 is 2.25 bits per heavy atom. The van der Waals surface area contributed by atoms with E-state index < -0.39 is 0 Å². The van der Waals surface area contributed by atoms with E-state index in [9.17, 15) is 0 Å². The molecular weight excluding hydrogens is 230 g/mol. The Morgan fingerprint density at radius 3 is 2.62 bits per heavy atom. The molecule has 0 atom stereocenters. The molecule has 0 aliphatic rings. The molecule has 0 bridgehead atoms. The van der Waals surface area contributed by atoms with E-state index in [1.807, 2.05) is 0 Å². The maximum Gasteiger partial charge on any atom is 0.0402 e. The second-order valence-electron chi connectivity index (χ2n) is 1.66. The Hall–Kier alpha value is 0.380. The summed E-state index contributed by atoms with van der Waals surface area (Å²) in [4.78, 5) is 0. The average Bonchev–Trinajstić information content (AvgIpc) is 1.77. The van der Waals surface area contributed by atoms with Crippen molar-refractivity contribution in [1.29, 1.82) is 0 Å². The van der Waals surface area contributed by atoms with Gasteiger partial charge < -0.3 is 0 Å². The van der Waals surface area contributed by atoms with Crippen LogP contribution in [-0.2, 0) is 0 Å². The molecule has 1 heterocycles. The summed E-state index contributed by atoms with van der Waals surface area (Å²) in [6.07, 6.45) is 0. The molecule has 0 amide bonds. The molecule has 0 aliphatic heterocycles. The highest BCUT2D eigenvalue weighted by atomic mass is 127. The minimum absolute atomic E-state index is 1.35. The SMILES string of the molecule is Cc1ccc(I)pc1. The minimum Gasteiger partial charge on any atom is -0.0615 e. The second kappa shape index (κ2) is 2.79. The van der Waals surface area contributed by atoms with E-state index in [1.165, 1.54) is 17.1 Å². The molecule has 0 saturated heterocycles. The number of rotatable bonds is 0. The quantitative estimate of drug-likeness (QED) is 0.607. The average molecular weight is 236 g/mol. The van der Waals surface area contributed by atoms with E-state index in [4.69, 9.17) is 0 Å². The summed E-state index contributed by atoms with van der Waals surface area (Å²) in [5.74, 6) is 2.21. The molecule has 0 fully saturated rings. The van der Waals surface area contributed by atoms with E-state index in [0.717, 1.165) is 0 Å². The van der Waals surface area contributed by atoms with Gasteiger partial charge in [-0.3, -0.25) is 0 Å². The van der Waals surface area contributed by atoms with Crippen LogP contribution in [0.2, 0.25) is 0 Å². The van der Waals surface area contributed by atoms with Gasteiger partial charge in [0, 0.05) is 3.30 Å². The first-order valence-electron chi connectivity index (χ1n) is 2.37. The summed E-state index contributed by atoms with van der Waals surface area (Å²) in [7, 11) is 1.35. The topological polar surface area (TPSA) is 0 Å². The molecule has 0 unspecified atom stereocenters. The van der Waals surface area contributed by atoms with Crippen LogP contribution >= 0.6 is 30.8 Å². The van der Waals surface area contributed by atoms with Gasteiger partial charge in [0.1, 0.15) is 0 Å². The van der Waals surface area contributed by atoms with Crippen molar-refractivity contribution in [1.82, 2.24) is 0 Å². The molecule has 42 valence electrons. The van der Waals surface area contributed by atoms with Crippen LogP contribution in [0.1, 0.15) is 5.56 Å². The molecule has 0 N–H and O–H groups in total. The fourth-order valence-electron chi connectivity index (χ4n) is 0.450. The summed E-state index contributed by atoms with van der Waals surface area (Å²) in [6.45, 7) is 2.12. The van der Waals surface area contributed by atoms with Gasteiger partial charge >= 0.3 is 0 Å². The number of hydrogen-bond acceptors (Lipinski definition) is 0. The van der Waals surface area contributed by atoms with Gasteiger partial charge in [-0.25, -0.2) is 0 Å². The molecule has 1 aromatic rings. The number of halogens is 1. The fraction of sp³-hybridized carbons (Fsp3) is 0.167. The molecule has 0 aromatic carbocycles. The zero-order valence-electron chi connectivity index (χ0n) is 4.56. The minimum atomic E-state index is 1.35. The van der Waals surface area contributed by atoms with Gasteiger partial charge in [-0.15, -0.1) is 0 Å². The molecule has 0 spiro atoms. The van der Waals surface area contributed by atoms with Crippen molar-refractivity contribution in [2.45, 2.75) is 6.92 Å². The van der Waals surface area contributed by atoms with Crippen LogP contribution in [0.25, 0.3) is 0 Å². The highest BCUT2D eigenvalue weighted by molar-refractivity contribution is 14.1. The molecule has 0 aliphatic carbocycles. The molecule has 1 rings (SSSR count). The zero-order chi connectivity index (χ0) is 5.98. The predicted octanol–water partition coefficient (Wildman–Crippen LogP) is 3.18. The third-order valence-corrected chi connectivity index (χ3v) is 3.00. The zero-order valence-corrected chi connectivity index (χ0v) is 7.61. The number of hydrogen-bond donors (Lipinski definition) is 0. The fourth-order valence-corrected chi connectivity index (χ4v) is 1.62. The summed E-state index contributed by atoms with van der Waals surface area (Å²) in [6, 6.07) is 4.29. The summed E-state index contributed by atoms with van der Waals surface area (Å²) in [5, 5.41) is 0. The Morgan fingerprint density at radius 1 is 1.50 bits per heavy atom. The van der Waals surface area contributed by atoms with Crippen LogP contribution in [0.15, 0.2) is 17.9 Å². The van der Waals surface area contributed by atoms with Crippen molar-refractivity contribution in [3.05, 3.63) is 26.8 Å². The first-order chi connectivity index (χ1) is 3.79. The Kier molecular flexibility index (Phi) is 2.27. The number of aryl methyl sites for hydroxylation is 1. The third-order valence-electron chi connectivity index (χ3n) is 0.875. The lowest BCUT2D eigenvalue weighted by atomic mass is 10.4. The van der Waals surface area contributed by atoms with Crippen LogP contribution < -0.4 is 0 Å². The standard InChI is InChI=1S/C6H6IP/c1-5-2-3-6(7)8-4-5/h2-4H,1H3. The summed E-state index contributed by atoms with van der Waals surface area (Å²) in [5.41, 5.74) is 1.37. The summed E-state index contributed by atoms with van der Waals surface area (Å²) < 4.78 is 1.40. The molecule has 0 nitrogen and oxygen atoms in total. The largest absolute Gasteiger partial charge is 0.0615 e. The molecule has 8 heavy (non-hydrogen) atoms. The van der Waals surface area contributed by atoms with Gasteiger partial charge in [0.25, 0.3) is 0 Å². The van der Waals surface area contributed by atoms with Crippen molar-refractivity contribution in [2.24, 2.45) is 0 Å². The molecular formula is C6H6IP. The maximum atomic E-state index is 2.34. The van der Waals surface area contributed by atoms with Crippen LogP contribution in [0, 0.1) is 10.2 Å². The van der Waals surface area contributed by atoms with Crippen LogP contribution in [0.5, 0.6) is 0 Å². The van der Waals surface area contributed by atoms with E-state index in [-0.39, 0.29) is 0 Å². The lowest BCUT2D eigenvalue weighted by Gasteiger charge is -1.87. The van der Waals surface area contributed by atoms with Crippen molar-refractivity contribution >= 4 is 30.8 Å². The molecule has 0 saturated carbocycles. The molecule has 1 aromatic heterocycles. The highest BCUT2D eigenvalue weighted by Gasteiger charge is 1.82. The lowest BCUT2D eigenvalue weighted by molar-refractivity contribution is 1.52. The van der Waals surface area contributed by atoms with Crippen LogP contribution in [0.3, 0.4) is 0 Å². The molecule has 2 heteroatoms. The van der Waals surface area contributed by atoms with Gasteiger partial charge in [0.05, 0.1) is 0 Å². The lowest BCUT2D eigenvalue weighted by Crippen LogP contribution is -1.63. The Balaban J connectivity index is 3.03. The first-order valence-corrected chi connectivity index (χ1v) is 4.41. The van der Waals surface area contributed by atoms with Gasteiger partial charge in [-0.05, 0) is 46.9 Å². The van der Waals surface area contributed by atoms with Crippen molar-refractivity contribution in [2.75, 3.05) is 0 Å². The van der Waals surface area contributed by atoms with Gasteiger partial charge in [-0.1, -0.05) is 14.3 Å². The monoisotopic (exact) mass is 236 g/mol. The summed E-state index contributed by atoms with van der Waals surface area (Å²) >= 11 is 2.34. The van der Waals surface area contributed by atoms with Gasteiger partial charge in [0.2, 0.25) is 0 Å². The molecule has 0 radical (unpaired) electrons. The van der Waals surface area contributed by atoms with E-state index in [0.29, 0.717) is 0 Å². The van der Waals surface area contributed by atoms with Gasteiger partial charge in [0.15, 0.2) is 0 Å². The van der Waals surface area contributed by atoms with Crippen LogP contribution in [-0.4, -0.2) is 0 Å². The Bertz CT molecular complexity index is 147. The van der Waals surface area contributed by atoms with Crippen molar-refractivity contribution in [3.63, 3.8) is 0 Å². The predicted molar refractivity (Wildman–Crippen MR) is 46.4 cm³/mol. The first kappa shape index (κ1) is 6.50. The smallest absolute Gasteiger partial charge is 0.0402 e. The van der Waals surface area contributed by atoms with Crippen LogP contribution in [0.4, 0.5) is 0 Å². The van der Waals surface area contributed by atoms with E-state index in [2.05, 4.69) is 47.4 Å². The van der Waals surface area contributed by atoms with Crippen molar-refractivity contribution < 1.29 is 0 Å². The van der Waals surface area contributed by atoms with E-state index in [1.54, 1.807) is 0 Å². The normalized spacial score (nSPS) is 10.2. The van der Waals surface area contributed by atoms with E-state index >= 15 is 0 Å². The van der Waals surface area contributed by atoms with Crippen molar-refractivity contribution in [3.8, 4) is 0 Å². The Labute approximate surface area is 64.6 Å². The third kappa shape index (κ3) is 1.71. The van der Waals surface area contributed by atoms with Gasteiger partial charge in [-0.2, -0.15) is 0 Å². The second-order valence-corrected chi connectivity index (χ2v) is 4.67. The highest BCUT2D eigenvalue weighted by Crippen LogP contribution is 2.16. The maximum absolute atomic E-state index is 2.34.